The van der Waals surface area contributed by atoms with Crippen LogP contribution < -0.4 is 15.4 Å². The van der Waals surface area contributed by atoms with Crippen molar-refractivity contribution in [3.63, 3.8) is 0 Å². The summed E-state index contributed by atoms with van der Waals surface area (Å²) in [5.41, 5.74) is 2.78. The summed E-state index contributed by atoms with van der Waals surface area (Å²) in [5, 5.41) is 13.2. The van der Waals surface area contributed by atoms with Crippen LogP contribution in [0, 0.1) is 6.92 Å². The van der Waals surface area contributed by atoms with Crippen LogP contribution in [-0.4, -0.2) is 35.6 Å². The molecular weight excluding hydrogens is 440 g/mol. The van der Waals surface area contributed by atoms with Crippen molar-refractivity contribution in [2.24, 2.45) is 10.2 Å². The van der Waals surface area contributed by atoms with Crippen LogP contribution in [-0.2, 0) is 9.59 Å². The monoisotopic (exact) mass is 462 g/mol. The highest BCUT2D eigenvalue weighted by molar-refractivity contribution is 8.15. The number of hydrogen-bond acceptors (Lipinski definition) is 7. The molecule has 33 heavy (non-hydrogen) atoms. The summed E-state index contributed by atoms with van der Waals surface area (Å²) < 4.78 is 10.9. The van der Waals surface area contributed by atoms with Crippen molar-refractivity contribution in [2.75, 3.05) is 12.4 Å². The molecule has 1 aliphatic rings. The van der Waals surface area contributed by atoms with Crippen molar-refractivity contribution in [3.05, 3.63) is 72.0 Å². The van der Waals surface area contributed by atoms with Gasteiger partial charge in [0.05, 0.1) is 13.3 Å². The number of anilines is 1. The van der Waals surface area contributed by atoms with Gasteiger partial charge in [-0.05, 0) is 43.3 Å². The predicted molar refractivity (Wildman–Crippen MR) is 130 cm³/mol. The Hall–Kier alpha value is -3.85. The molecule has 1 atom stereocenters. The van der Waals surface area contributed by atoms with Gasteiger partial charge >= 0.3 is 0 Å². The van der Waals surface area contributed by atoms with Gasteiger partial charge in [-0.15, -0.1) is 5.10 Å². The highest BCUT2D eigenvalue weighted by Crippen LogP contribution is 2.24. The first kappa shape index (κ1) is 22.3. The van der Waals surface area contributed by atoms with E-state index in [1.165, 1.54) is 23.5 Å². The number of amides is 2. The Morgan fingerprint density at radius 3 is 2.64 bits per heavy atom. The van der Waals surface area contributed by atoms with Crippen molar-refractivity contribution in [2.45, 2.75) is 18.6 Å². The van der Waals surface area contributed by atoms with Crippen molar-refractivity contribution in [1.82, 2.24) is 5.32 Å². The second-order valence-electron chi connectivity index (χ2n) is 7.29. The summed E-state index contributed by atoms with van der Waals surface area (Å²) in [7, 11) is 1.57. The number of aryl methyl sites for hydroxylation is 1. The van der Waals surface area contributed by atoms with E-state index in [1.807, 2.05) is 37.3 Å². The van der Waals surface area contributed by atoms with Gasteiger partial charge in [0.2, 0.25) is 11.8 Å². The van der Waals surface area contributed by atoms with E-state index in [1.54, 1.807) is 37.4 Å². The van der Waals surface area contributed by atoms with E-state index < -0.39 is 5.25 Å². The minimum atomic E-state index is -0.575. The smallest absolute Gasteiger partial charge is 0.240 e. The highest BCUT2D eigenvalue weighted by Gasteiger charge is 2.32. The molecule has 1 aliphatic heterocycles. The number of methoxy groups -OCH3 is 1. The van der Waals surface area contributed by atoms with Crippen LogP contribution in [0.15, 0.2) is 75.3 Å². The van der Waals surface area contributed by atoms with Gasteiger partial charge in [0.15, 0.2) is 5.17 Å². The van der Waals surface area contributed by atoms with E-state index >= 15 is 0 Å². The van der Waals surface area contributed by atoms with Gasteiger partial charge in [-0.1, -0.05) is 41.6 Å². The number of carbonyl (C=O) groups excluding carboxylic acids is 2. The van der Waals surface area contributed by atoms with Crippen molar-refractivity contribution >= 4 is 40.6 Å². The quantitative estimate of drug-likeness (QED) is 0.404. The number of carbonyl (C=O) groups is 2. The van der Waals surface area contributed by atoms with Gasteiger partial charge in [-0.25, -0.2) is 0 Å². The molecule has 0 spiro atoms. The van der Waals surface area contributed by atoms with Gasteiger partial charge in [0.25, 0.3) is 0 Å². The highest BCUT2D eigenvalue weighted by atomic mass is 32.2. The summed E-state index contributed by atoms with van der Waals surface area (Å²) in [6.07, 6.45) is 1.49. The lowest BCUT2D eigenvalue weighted by atomic mass is 10.1. The van der Waals surface area contributed by atoms with Crippen LogP contribution in [0.3, 0.4) is 0 Å². The molecule has 2 amide bonds. The fraction of sp³-hybridized carbons (Fsp3) is 0.167. The zero-order valence-electron chi connectivity index (χ0n) is 18.1. The number of benzene rings is 2. The lowest BCUT2D eigenvalue weighted by molar-refractivity contribution is -0.122. The molecular formula is C24H22N4O4S. The maximum absolute atomic E-state index is 12.3. The average molecular weight is 463 g/mol. The Labute approximate surface area is 195 Å². The van der Waals surface area contributed by atoms with Crippen LogP contribution in [0.1, 0.15) is 17.7 Å². The SMILES string of the molecule is COc1ccc(NC(=O)CC2S/C(=N/N=C/c3ccc(-c4ccc(C)cc4)o3)NC2=O)cc1. The summed E-state index contributed by atoms with van der Waals surface area (Å²) in [5.74, 6) is 1.42. The third kappa shape index (κ3) is 5.89. The van der Waals surface area contributed by atoms with Crippen molar-refractivity contribution < 1.29 is 18.7 Å². The molecule has 3 aromatic rings. The van der Waals surface area contributed by atoms with E-state index in [-0.39, 0.29) is 18.2 Å². The molecule has 1 saturated heterocycles. The van der Waals surface area contributed by atoms with Gasteiger partial charge in [0, 0.05) is 17.7 Å². The molecule has 1 fully saturated rings. The van der Waals surface area contributed by atoms with Gasteiger partial charge in [-0.3, -0.25) is 9.59 Å². The number of furan rings is 1. The maximum atomic E-state index is 12.3. The number of thioether (sulfide) groups is 1. The average Bonchev–Trinajstić information content (AvgIpc) is 3.41. The zero-order chi connectivity index (χ0) is 23.2. The van der Waals surface area contributed by atoms with E-state index in [0.29, 0.717) is 22.4 Å². The van der Waals surface area contributed by atoms with Crippen LogP contribution in [0.2, 0.25) is 0 Å². The molecule has 0 radical (unpaired) electrons. The number of nitrogens with one attached hydrogen (secondary N) is 2. The fourth-order valence-electron chi connectivity index (χ4n) is 3.07. The Morgan fingerprint density at radius 2 is 1.91 bits per heavy atom. The van der Waals surface area contributed by atoms with Crippen LogP contribution in [0.5, 0.6) is 5.75 Å². The Morgan fingerprint density at radius 1 is 1.15 bits per heavy atom. The molecule has 2 aromatic carbocycles. The molecule has 2 heterocycles. The largest absolute Gasteiger partial charge is 0.497 e. The van der Waals surface area contributed by atoms with Crippen LogP contribution in [0.4, 0.5) is 5.69 Å². The third-order valence-electron chi connectivity index (χ3n) is 4.82. The normalized spacial score (nSPS) is 16.8. The topological polar surface area (TPSA) is 105 Å². The zero-order valence-corrected chi connectivity index (χ0v) is 18.9. The molecule has 4 rings (SSSR count). The van der Waals surface area contributed by atoms with E-state index in [4.69, 9.17) is 9.15 Å². The number of amidine groups is 1. The lowest BCUT2D eigenvalue weighted by Gasteiger charge is -2.08. The summed E-state index contributed by atoms with van der Waals surface area (Å²) >= 11 is 1.17. The fourth-order valence-corrected chi connectivity index (χ4v) is 4.00. The molecule has 9 heteroatoms. The molecule has 0 aliphatic carbocycles. The number of ether oxygens (including phenoxy) is 1. The first-order valence-electron chi connectivity index (χ1n) is 10.2. The second-order valence-corrected chi connectivity index (χ2v) is 8.49. The van der Waals surface area contributed by atoms with Crippen molar-refractivity contribution in [1.29, 1.82) is 0 Å². The molecule has 8 nitrogen and oxygen atoms in total. The van der Waals surface area contributed by atoms with E-state index in [9.17, 15) is 9.59 Å². The predicted octanol–water partition coefficient (Wildman–Crippen LogP) is 4.21. The first-order chi connectivity index (χ1) is 16.0. The first-order valence-corrected chi connectivity index (χ1v) is 11.1. The van der Waals surface area contributed by atoms with Gasteiger partial charge in [-0.2, -0.15) is 5.10 Å². The Bertz CT molecular complexity index is 1200. The minimum absolute atomic E-state index is 0.0172. The number of nitrogens with zero attached hydrogens (tertiary/aromatic N) is 2. The van der Waals surface area contributed by atoms with E-state index in [0.717, 1.165) is 11.3 Å². The molecule has 0 saturated carbocycles. The summed E-state index contributed by atoms with van der Waals surface area (Å²) in [6.45, 7) is 2.03. The lowest BCUT2D eigenvalue weighted by Crippen LogP contribution is -2.28. The second kappa shape index (κ2) is 10.2. The number of hydrogen-bond donors (Lipinski definition) is 2. The molecule has 168 valence electrons. The maximum Gasteiger partial charge on any atom is 0.240 e. The molecule has 2 N–H and O–H groups in total. The summed E-state index contributed by atoms with van der Waals surface area (Å²) in [4.78, 5) is 24.5. The summed E-state index contributed by atoms with van der Waals surface area (Å²) in [6, 6.07) is 18.6. The van der Waals surface area contributed by atoms with Gasteiger partial charge in [0.1, 0.15) is 22.5 Å². The molecule has 1 aromatic heterocycles. The number of rotatable bonds is 7. The van der Waals surface area contributed by atoms with Crippen LogP contribution >= 0.6 is 11.8 Å². The van der Waals surface area contributed by atoms with E-state index in [2.05, 4.69) is 20.8 Å². The third-order valence-corrected chi connectivity index (χ3v) is 5.89. The molecule has 1 unspecified atom stereocenters. The molecule has 0 bridgehead atoms. The Kier molecular flexibility index (Phi) is 6.89. The minimum Gasteiger partial charge on any atom is -0.497 e. The van der Waals surface area contributed by atoms with Crippen LogP contribution in [0.25, 0.3) is 11.3 Å². The Balaban J connectivity index is 1.31. The van der Waals surface area contributed by atoms with Gasteiger partial charge < -0.3 is 19.8 Å². The standard InChI is InChI=1S/C24H22N4O4S/c1-15-3-5-16(6-4-15)20-12-11-19(32-20)14-25-28-24-27-23(30)21(33-24)13-22(29)26-17-7-9-18(31-2)10-8-17/h3-12,14,21H,13H2,1-2H3,(H,26,29)(H,27,28,30)/b25-14+. The van der Waals surface area contributed by atoms with Crippen molar-refractivity contribution in [3.8, 4) is 17.1 Å².